The van der Waals surface area contributed by atoms with Crippen LogP contribution in [-0.2, 0) is 12.8 Å². The quantitative estimate of drug-likeness (QED) is 0.756. The lowest BCUT2D eigenvalue weighted by Crippen LogP contribution is -2.44. The summed E-state index contributed by atoms with van der Waals surface area (Å²) in [6.45, 7) is 5.81. The molecule has 2 aliphatic rings. The van der Waals surface area contributed by atoms with Gasteiger partial charge in [0.2, 0.25) is 0 Å². The molecule has 1 aliphatic heterocycles. The highest BCUT2D eigenvalue weighted by atomic mass is 19.1. The summed E-state index contributed by atoms with van der Waals surface area (Å²) in [4.78, 5) is 15.1. The third-order valence-corrected chi connectivity index (χ3v) is 5.37. The summed E-state index contributed by atoms with van der Waals surface area (Å²) in [5, 5.41) is 10.8. The zero-order valence-electron chi connectivity index (χ0n) is 15.5. The van der Waals surface area contributed by atoms with Crippen molar-refractivity contribution in [2.24, 2.45) is 0 Å². The number of aromatic nitrogens is 2. The Kier molecular flexibility index (Phi) is 5.50. The molecule has 1 amide bonds. The van der Waals surface area contributed by atoms with Gasteiger partial charge in [-0.2, -0.15) is 5.10 Å². The number of nitrogens with one attached hydrogen (secondary N) is 2. The van der Waals surface area contributed by atoms with Crippen LogP contribution >= 0.6 is 0 Å². The van der Waals surface area contributed by atoms with Gasteiger partial charge in [-0.1, -0.05) is 12.1 Å². The highest BCUT2D eigenvalue weighted by molar-refractivity contribution is 5.94. The first-order chi connectivity index (χ1) is 13.2. The largest absolute Gasteiger partial charge is 0.351 e. The van der Waals surface area contributed by atoms with E-state index < -0.39 is 0 Å². The molecular formula is C20H26FN5O. The molecule has 0 atom stereocenters. The molecule has 2 aromatic rings. The molecule has 27 heavy (non-hydrogen) atoms. The van der Waals surface area contributed by atoms with Gasteiger partial charge < -0.3 is 15.5 Å². The second kappa shape index (κ2) is 8.19. The van der Waals surface area contributed by atoms with E-state index in [1.165, 1.54) is 6.07 Å². The number of piperazine rings is 1. The number of halogens is 1. The maximum absolute atomic E-state index is 14.2. The van der Waals surface area contributed by atoms with E-state index in [0.29, 0.717) is 17.9 Å². The summed E-state index contributed by atoms with van der Waals surface area (Å²) in [7, 11) is 0. The maximum atomic E-state index is 14.2. The maximum Gasteiger partial charge on any atom is 0.272 e. The van der Waals surface area contributed by atoms with Crippen molar-refractivity contribution in [3.05, 3.63) is 47.0 Å². The molecule has 7 heteroatoms. The molecule has 0 saturated carbocycles. The first-order valence-corrected chi connectivity index (χ1v) is 9.81. The third-order valence-electron chi connectivity index (χ3n) is 5.37. The molecule has 0 radical (unpaired) electrons. The molecule has 0 spiro atoms. The van der Waals surface area contributed by atoms with Gasteiger partial charge in [-0.15, -0.1) is 0 Å². The highest BCUT2D eigenvalue weighted by Gasteiger charge is 2.27. The van der Waals surface area contributed by atoms with Crippen LogP contribution in [-0.4, -0.2) is 59.9 Å². The van der Waals surface area contributed by atoms with Gasteiger partial charge in [-0.3, -0.25) is 4.79 Å². The third kappa shape index (κ3) is 3.89. The Morgan fingerprint density at radius 1 is 1.22 bits per heavy atom. The van der Waals surface area contributed by atoms with E-state index in [4.69, 9.17) is 0 Å². The highest BCUT2D eigenvalue weighted by Crippen LogP contribution is 2.28. The fraction of sp³-hybridized carbons (Fsp3) is 0.500. The van der Waals surface area contributed by atoms with Crippen LogP contribution in [0.25, 0.3) is 5.69 Å². The topological polar surface area (TPSA) is 62.2 Å². The van der Waals surface area contributed by atoms with Gasteiger partial charge >= 0.3 is 0 Å². The first-order valence-electron chi connectivity index (χ1n) is 9.81. The fourth-order valence-corrected chi connectivity index (χ4v) is 3.97. The van der Waals surface area contributed by atoms with Crippen LogP contribution in [0.3, 0.4) is 0 Å². The van der Waals surface area contributed by atoms with Crippen molar-refractivity contribution >= 4 is 5.91 Å². The van der Waals surface area contributed by atoms with Gasteiger partial charge in [0, 0.05) is 44.0 Å². The molecule has 144 valence electrons. The van der Waals surface area contributed by atoms with Crippen LogP contribution in [0.4, 0.5) is 4.39 Å². The van der Waals surface area contributed by atoms with Gasteiger partial charge in [0.1, 0.15) is 11.5 Å². The SMILES string of the molecule is O=C(NCCCN1CCNCC1)c1nn(-c2ccccc2F)c2c1CCC2. The van der Waals surface area contributed by atoms with Crippen molar-refractivity contribution < 1.29 is 9.18 Å². The number of para-hydroxylation sites is 1. The van der Waals surface area contributed by atoms with Crippen LogP contribution in [0, 0.1) is 5.82 Å². The number of fused-ring (bicyclic) bond motifs is 1. The van der Waals surface area contributed by atoms with E-state index >= 15 is 0 Å². The van der Waals surface area contributed by atoms with Gasteiger partial charge in [0.05, 0.1) is 0 Å². The molecule has 0 bridgehead atoms. The smallest absolute Gasteiger partial charge is 0.272 e. The molecular weight excluding hydrogens is 345 g/mol. The summed E-state index contributed by atoms with van der Waals surface area (Å²) in [5.41, 5.74) is 2.80. The van der Waals surface area contributed by atoms with Gasteiger partial charge in [-0.25, -0.2) is 9.07 Å². The predicted octanol–water partition coefficient (Wildman–Crippen LogP) is 1.53. The minimum Gasteiger partial charge on any atom is -0.351 e. The molecule has 2 heterocycles. The average Bonchev–Trinajstić information content (AvgIpc) is 3.29. The molecule has 6 nitrogen and oxygen atoms in total. The van der Waals surface area contributed by atoms with Crippen LogP contribution in [0.1, 0.15) is 34.6 Å². The van der Waals surface area contributed by atoms with Crippen LogP contribution in [0.2, 0.25) is 0 Å². The second-order valence-electron chi connectivity index (χ2n) is 7.19. The number of nitrogens with zero attached hydrogens (tertiary/aromatic N) is 3. The Morgan fingerprint density at radius 3 is 2.85 bits per heavy atom. The van der Waals surface area contributed by atoms with Crippen molar-refractivity contribution in [3.8, 4) is 5.69 Å². The fourth-order valence-electron chi connectivity index (χ4n) is 3.97. The Morgan fingerprint density at radius 2 is 2.04 bits per heavy atom. The molecule has 0 unspecified atom stereocenters. The van der Waals surface area contributed by atoms with E-state index in [-0.39, 0.29) is 11.7 Å². The number of carbonyl (C=O) groups excluding carboxylic acids is 1. The molecule has 1 fully saturated rings. The number of hydrogen-bond acceptors (Lipinski definition) is 4. The lowest BCUT2D eigenvalue weighted by atomic mass is 10.2. The molecule has 1 saturated heterocycles. The van der Waals surface area contributed by atoms with E-state index in [1.54, 1.807) is 22.9 Å². The number of rotatable bonds is 6. The first kappa shape index (κ1) is 18.1. The predicted molar refractivity (Wildman–Crippen MR) is 102 cm³/mol. The molecule has 1 aromatic heterocycles. The second-order valence-corrected chi connectivity index (χ2v) is 7.19. The zero-order chi connectivity index (χ0) is 18.6. The van der Waals surface area contributed by atoms with Gasteiger partial charge in [0.25, 0.3) is 5.91 Å². The standard InChI is InChI=1S/C20H26FN5O/c21-16-6-1-2-7-18(16)26-17-8-3-5-15(17)19(24-26)20(27)23-9-4-12-25-13-10-22-11-14-25/h1-2,6-7,22H,3-5,8-14H2,(H,23,27). The number of hydrogen-bond donors (Lipinski definition) is 2. The van der Waals surface area contributed by atoms with Crippen molar-refractivity contribution in [1.82, 2.24) is 25.3 Å². The minimum atomic E-state index is -0.322. The molecule has 1 aromatic carbocycles. The zero-order valence-corrected chi connectivity index (χ0v) is 15.5. The number of amides is 1. The van der Waals surface area contributed by atoms with Crippen LogP contribution in [0.5, 0.6) is 0 Å². The summed E-state index contributed by atoms with van der Waals surface area (Å²) in [5.74, 6) is -0.471. The summed E-state index contributed by atoms with van der Waals surface area (Å²) < 4.78 is 15.8. The van der Waals surface area contributed by atoms with Gasteiger partial charge in [0.15, 0.2) is 5.69 Å². The lowest BCUT2D eigenvalue weighted by molar-refractivity contribution is 0.0945. The van der Waals surface area contributed by atoms with Gasteiger partial charge in [-0.05, 0) is 44.4 Å². The van der Waals surface area contributed by atoms with E-state index in [0.717, 1.165) is 69.7 Å². The Hall–Kier alpha value is -2.25. The van der Waals surface area contributed by atoms with E-state index in [9.17, 15) is 9.18 Å². The summed E-state index contributed by atoms with van der Waals surface area (Å²) in [6, 6.07) is 6.58. The molecule has 2 N–H and O–H groups in total. The normalized spacial score (nSPS) is 17.1. The average molecular weight is 371 g/mol. The van der Waals surface area contributed by atoms with E-state index in [2.05, 4.69) is 20.6 Å². The van der Waals surface area contributed by atoms with Crippen molar-refractivity contribution in [2.75, 3.05) is 39.3 Å². The van der Waals surface area contributed by atoms with E-state index in [1.807, 2.05) is 0 Å². The van der Waals surface area contributed by atoms with Crippen molar-refractivity contribution in [1.29, 1.82) is 0 Å². The van der Waals surface area contributed by atoms with Crippen molar-refractivity contribution in [3.63, 3.8) is 0 Å². The van der Waals surface area contributed by atoms with Crippen molar-refractivity contribution in [2.45, 2.75) is 25.7 Å². The Balaban J connectivity index is 1.42. The Bertz CT molecular complexity index is 813. The minimum absolute atomic E-state index is 0.149. The number of benzene rings is 1. The summed E-state index contributed by atoms with van der Waals surface area (Å²) >= 11 is 0. The Labute approximate surface area is 158 Å². The lowest BCUT2D eigenvalue weighted by Gasteiger charge is -2.27. The summed E-state index contributed by atoms with van der Waals surface area (Å²) in [6.07, 6.45) is 3.55. The molecule has 4 rings (SSSR count). The van der Waals surface area contributed by atoms with Crippen LogP contribution in [0.15, 0.2) is 24.3 Å². The monoisotopic (exact) mass is 371 g/mol. The van der Waals surface area contributed by atoms with Crippen LogP contribution < -0.4 is 10.6 Å². The molecule has 1 aliphatic carbocycles. The number of carbonyl (C=O) groups is 1.